The highest BCUT2D eigenvalue weighted by Gasteiger charge is 2.16. The minimum absolute atomic E-state index is 0.590. The molecule has 2 N–H and O–H groups in total. The first kappa shape index (κ1) is 13.7. The number of nitrogens with two attached hydrogens (primary N) is 1. The molecule has 2 aromatic heterocycles. The summed E-state index contributed by atoms with van der Waals surface area (Å²) in [7, 11) is 1.69. The third-order valence-electron chi connectivity index (χ3n) is 3.56. The van der Waals surface area contributed by atoms with Crippen molar-refractivity contribution in [1.82, 2.24) is 9.55 Å². The summed E-state index contributed by atoms with van der Waals surface area (Å²) in [5, 5.41) is 2.58. The number of nitrogens with zero attached hydrogens (tertiary/aromatic N) is 2. The fourth-order valence-electron chi connectivity index (χ4n) is 2.62. The van der Waals surface area contributed by atoms with Gasteiger partial charge in [-0.1, -0.05) is 12.1 Å². The van der Waals surface area contributed by atoms with Gasteiger partial charge in [0.1, 0.15) is 5.75 Å². The van der Waals surface area contributed by atoms with Crippen molar-refractivity contribution in [3.8, 4) is 22.7 Å². The van der Waals surface area contributed by atoms with Gasteiger partial charge in [0.25, 0.3) is 0 Å². The lowest BCUT2D eigenvalue weighted by atomic mass is 10.2. The SMILES string of the molecule is COc1ccccc1-n1c(C)cc(-c2csc(N)n2)c1C. The minimum Gasteiger partial charge on any atom is -0.495 e. The number of ether oxygens (including phenoxy) is 1. The van der Waals surface area contributed by atoms with Gasteiger partial charge in [-0.25, -0.2) is 4.98 Å². The van der Waals surface area contributed by atoms with Crippen molar-refractivity contribution in [2.75, 3.05) is 12.8 Å². The number of benzene rings is 1. The second-order valence-electron chi connectivity index (χ2n) is 4.86. The number of thiazole rings is 1. The van der Waals surface area contributed by atoms with Crippen molar-refractivity contribution >= 4 is 16.5 Å². The Morgan fingerprint density at radius 1 is 1.24 bits per heavy atom. The first-order valence-corrected chi connectivity index (χ1v) is 7.53. The lowest BCUT2D eigenvalue weighted by molar-refractivity contribution is 0.412. The van der Waals surface area contributed by atoms with Crippen LogP contribution in [0.2, 0.25) is 0 Å². The Balaban J connectivity index is 2.19. The normalized spacial score (nSPS) is 10.8. The number of aromatic nitrogens is 2. The highest BCUT2D eigenvalue weighted by atomic mass is 32.1. The highest BCUT2D eigenvalue weighted by Crippen LogP contribution is 2.33. The second-order valence-corrected chi connectivity index (χ2v) is 5.75. The highest BCUT2D eigenvalue weighted by molar-refractivity contribution is 7.13. The van der Waals surface area contributed by atoms with Crippen molar-refractivity contribution in [2.45, 2.75) is 13.8 Å². The lowest BCUT2D eigenvalue weighted by Gasteiger charge is -2.13. The molecule has 4 nitrogen and oxygen atoms in total. The number of aryl methyl sites for hydroxylation is 1. The third-order valence-corrected chi connectivity index (χ3v) is 4.23. The molecule has 0 unspecified atom stereocenters. The van der Waals surface area contributed by atoms with Gasteiger partial charge in [0.15, 0.2) is 5.13 Å². The smallest absolute Gasteiger partial charge is 0.180 e. The van der Waals surface area contributed by atoms with Crippen LogP contribution in [0.5, 0.6) is 5.75 Å². The van der Waals surface area contributed by atoms with Gasteiger partial charge in [-0.15, -0.1) is 11.3 Å². The van der Waals surface area contributed by atoms with Gasteiger partial charge in [-0.2, -0.15) is 0 Å². The van der Waals surface area contributed by atoms with Gasteiger partial charge >= 0.3 is 0 Å². The standard InChI is InChI=1S/C16H17N3OS/c1-10-8-12(13-9-21-16(17)18-13)11(2)19(10)14-6-4-5-7-15(14)20-3/h4-9H,1-3H3,(H2,17,18). The molecular weight excluding hydrogens is 282 g/mol. The van der Waals surface area contributed by atoms with E-state index in [1.54, 1.807) is 7.11 Å². The van der Waals surface area contributed by atoms with Gasteiger partial charge < -0.3 is 15.0 Å². The Bertz CT molecular complexity index is 789. The van der Waals surface area contributed by atoms with Gasteiger partial charge in [-0.05, 0) is 32.0 Å². The molecule has 0 aliphatic heterocycles. The van der Waals surface area contributed by atoms with Crippen LogP contribution in [0.1, 0.15) is 11.4 Å². The van der Waals surface area contributed by atoms with Crippen LogP contribution in [0.15, 0.2) is 35.7 Å². The Hall–Kier alpha value is -2.27. The summed E-state index contributed by atoms with van der Waals surface area (Å²) in [5.74, 6) is 0.851. The second kappa shape index (κ2) is 5.26. The molecule has 0 aliphatic carbocycles. The summed E-state index contributed by atoms with van der Waals surface area (Å²) in [6.45, 7) is 4.17. The molecule has 0 saturated heterocycles. The predicted octanol–water partition coefficient (Wildman–Crippen LogP) is 3.81. The molecule has 0 saturated carbocycles. The average molecular weight is 299 g/mol. The maximum Gasteiger partial charge on any atom is 0.180 e. The molecule has 0 amide bonds. The molecule has 2 heterocycles. The van der Waals surface area contributed by atoms with Crippen LogP contribution in [0.25, 0.3) is 16.9 Å². The molecule has 0 fully saturated rings. The van der Waals surface area contributed by atoms with Gasteiger partial charge in [0, 0.05) is 22.3 Å². The van der Waals surface area contributed by atoms with E-state index in [4.69, 9.17) is 10.5 Å². The summed E-state index contributed by atoms with van der Waals surface area (Å²) < 4.78 is 7.66. The lowest BCUT2D eigenvalue weighted by Crippen LogP contribution is -2.01. The molecule has 21 heavy (non-hydrogen) atoms. The van der Waals surface area contributed by atoms with Crippen molar-refractivity contribution < 1.29 is 4.74 Å². The van der Waals surface area contributed by atoms with Crippen LogP contribution in [0.3, 0.4) is 0 Å². The third kappa shape index (κ3) is 2.29. The van der Waals surface area contributed by atoms with Crippen LogP contribution in [-0.2, 0) is 0 Å². The zero-order valence-electron chi connectivity index (χ0n) is 12.3. The minimum atomic E-state index is 0.590. The summed E-state index contributed by atoms with van der Waals surface area (Å²) in [5.41, 5.74) is 11.1. The van der Waals surface area contributed by atoms with E-state index in [1.807, 2.05) is 23.6 Å². The molecule has 0 aliphatic rings. The summed E-state index contributed by atoms with van der Waals surface area (Å²) in [4.78, 5) is 4.38. The molecule has 0 bridgehead atoms. The number of rotatable bonds is 3. The Labute approximate surface area is 127 Å². The predicted molar refractivity (Wildman–Crippen MR) is 87.3 cm³/mol. The number of para-hydroxylation sites is 2. The van der Waals surface area contributed by atoms with E-state index in [2.05, 4.69) is 35.5 Å². The van der Waals surface area contributed by atoms with Crippen LogP contribution in [0.4, 0.5) is 5.13 Å². The van der Waals surface area contributed by atoms with Crippen molar-refractivity contribution in [2.24, 2.45) is 0 Å². The number of hydrogen-bond acceptors (Lipinski definition) is 4. The van der Waals surface area contributed by atoms with Crippen LogP contribution in [0, 0.1) is 13.8 Å². The number of nitrogen functional groups attached to an aromatic ring is 1. The number of hydrogen-bond donors (Lipinski definition) is 1. The molecule has 108 valence electrons. The quantitative estimate of drug-likeness (QED) is 0.800. The van der Waals surface area contributed by atoms with Gasteiger partial charge in [-0.3, -0.25) is 0 Å². The fourth-order valence-corrected chi connectivity index (χ4v) is 3.18. The van der Waals surface area contributed by atoms with Crippen LogP contribution >= 0.6 is 11.3 Å². The van der Waals surface area contributed by atoms with Gasteiger partial charge in [0.2, 0.25) is 0 Å². The van der Waals surface area contributed by atoms with E-state index in [9.17, 15) is 0 Å². The molecule has 5 heteroatoms. The largest absolute Gasteiger partial charge is 0.495 e. The van der Waals surface area contributed by atoms with Crippen molar-refractivity contribution in [3.63, 3.8) is 0 Å². The Kier molecular flexibility index (Phi) is 3.43. The molecule has 0 radical (unpaired) electrons. The van der Waals surface area contributed by atoms with Gasteiger partial charge in [0.05, 0.1) is 18.5 Å². The first-order valence-electron chi connectivity index (χ1n) is 6.65. The zero-order chi connectivity index (χ0) is 15.0. The van der Waals surface area contributed by atoms with E-state index < -0.39 is 0 Å². The summed E-state index contributed by atoms with van der Waals surface area (Å²) in [6.07, 6.45) is 0. The molecule has 3 aromatic rings. The fraction of sp³-hybridized carbons (Fsp3) is 0.188. The Morgan fingerprint density at radius 2 is 2.00 bits per heavy atom. The number of methoxy groups -OCH3 is 1. The van der Waals surface area contributed by atoms with Crippen LogP contribution in [-0.4, -0.2) is 16.7 Å². The molecule has 1 aromatic carbocycles. The molecular formula is C16H17N3OS. The maximum atomic E-state index is 5.75. The first-order chi connectivity index (χ1) is 10.1. The molecule has 3 rings (SSSR count). The maximum absolute atomic E-state index is 5.75. The molecule has 0 spiro atoms. The van der Waals surface area contributed by atoms with E-state index >= 15 is 0 Å². The topological polar surface area (TPSA) is 53.1 Å². The van der Waals surface area contributed by atoms with Crippen molar-refractivity contribution in [1.29, 1.82) is 0 Å². The van der Waals surface area contributed by atoms with E-state index in [1.165, 1.54) is 11.3 Å². The zero-order valence-corrected chi connectivity index (χ0v) is 13.1. The van der Waals surface area contributed by atoms with Crippen molar-refractivity contribution in [3.05, 3.63) is 47.1 Å². The summed E-state index contributed by atoms with van der Waals surface area (Å²) >= 11 is 1.46. The van der Waals surface area contributed by atoms with E-state index in [0.717, 1.165) is 34.1 Å². The average Bonchev–Trinajstić information content (AvgIpc) is 3.03. The molecule has 0 atom stereocenters. The monoisotopic (exact) mass is 299 g/mol. The van der Waals surface area contributed by atoms with E-state index in [0.29, 0.717) is 5.13 Å². The number of anilines is 1. The summed E-state index contributed by atoms with van der Waals surface area (Å²) in [6, 6.07) is 10.1. The van der Waals surface area contributed by atoms with E-state index in [-0.39, 0.29) is 0 Å². The van der Waals surface area contributed by atoms with Crippen LogP contribution < -0.4 is 10.5 Å². The Morgan fingerprint density at radius 3 is 2.67 bits per heavy atom.